The highest BCUT2D eigenvalue weighted by molar-refractivity contribution is 6.30. The number of H-pyrrole nitrogens is 1. The molecule has 0 aliphatic carbocycles. The Balaban J connectivity index is 1.65. The van der Waals surface area contributed by atoms with Gasteiger partial charge in [0.15, 0.2) is 0 Å². The van der Waals surface area contributed by atoms with Crippen LogP contribution in [0.25, 0.3) is 17.1 Å². The molecular formula is C22H20ClN5O. The summed E-state index contributed by atoms with van der Waals surface area (Å²) in [6.07, 6.45) is 5.06. The largest absolute Gasteiger partial charge is 0.345 e. The molecular weight excluding hydrogens is 386 g/mol. The SMILES string of the molecule is CC(C)c1c(C(=O)Nc2cccc(-c3ncc[nH]3)c2)cnn1-c1cccc(Cl)c1. The molecule has 1 amide bonds. The molecule has 0 saturated heterocycles. The summed E-state index contributed by atoms with van der Waals surface area (Å²) in [5.41, 5.74) is 3.76. The van der Waals surface area contributed by atoms with Gasteiger partial charge in [0.1, 0.15) is 5.82 Å². The predicted octanol–water partition coefficient (Wildman–Crippen LogP) is 5.29. The normalized spacial score (nSPS) is 11.0. The maximum absolute atomic E-state index is 13.0. The van der Waals surface area contributed by atoms with E-state index in [2.05, 4.69) is 20.4 Å². The number of carbonyl (C=O) groups is 1. The first-order valence-electron chi connectivity index (χ1n) is 9.28. The molecule has 4 aromatic rings. The van der Waals surface area contributed by atoms with Gasteiger partial charge in [0.2, 0.25) is 0 Å². The van der Waals surface area contributed by atoms with Gasteiger partial charge in [0, 0.05) is 28.7 Å². The third-order valence-electron chi connectivity index (χ3n) is 4.54. The van der Waals surface area contributed by atoms with Crippen molar-refractivity contribution < 1.29 is 4.79 Å². The molecule has 0 radical (unpaired) electrons. The number of anilines is 1. The van der Waals surface area contributed by atoms with Crippen LogP contribution in [0.1, 0.15) is 35.8 Å². The summed E-state index contributed by atoms with van der Waals surface area (Å²) in [7, 11) is 0. The fourth-order valence-electron chi connectivity index (χ4n) is 3.27. The Bertz CT molecular complexity index is 1150. The second kappa shape index (κ2) is 7.93. The summed E-state index contributed by atoms with van der Waals surface area (Å²) in [4.78, 5) is 20.4. The second-order valence-corrected chi connectivity index (χ2v) is 7.40. The van der Waals surface area contributed by atoms with Crippen molar-refractivity contribution in [3.8, 4) is 17.1 Å². The van der Waals surface area contributed by atoms with E-state index in [9.17, 15) is 4.79 Å². The molecule has 0 unspecified atom stereocenters. The molecule has 2 N–H and O–H groups in total. The van der Waals surface area contributed by atoms with Gasteiger partial charge in [0.05, 0.1) is 23.1 Å². The van der Waals surface area contributed by atoms with Gasteiger partial charge in [-0.05, 0) is 36.2 Å². The Hall–Kier alpha value is -3.38. The molecule has 0 aliphatic heterocycles. The van der Waals surface area contributed by atoms with Crippen molar-refractivity contribution in [2.45, 2.75) is 19.8 Å². The van der Waals surface area contributed by atoms with Crippen molar-refractivity contribution >= 4 is 23.2 Å². The Morgan fingerprint density at radius 3 is 2.72 bits per heavy atom. The van der Waals surface area contributed by atoms with Crippen LogP contribution in [0.3, 0.4) is 0 Å². The molecule has 2 heterocycles. The number of imidazole rings is 1. The number of amides is 1. The summed E-state index contributed by atoms with van der Waals surface area (Å²) < 4.78 is 1.77. The van der Waals surface area contributed by atoms with Gasteiger partial charge in [-0.2, -0.15) is 5.10 Å². The highest BCUT2D eigenvalue weighted by Gasteiger charge is 2.21. The van der Waals surface area contributed by atoms with E-state index in [1.807, 2.05) is 62.4 Å². The highest BCUT2D eigenvalue weighted by Crippen LogP contribution is 2.26. The lowest BCUT2D eigenvalue weighted by Crippen LogP contribution is -2.15. The van der Waals surface area contributed by atoms with Gasteiger partial charge >= 0.3 is 0 Å². The lowest BCUT2D eigenvalue weighted by atomic mass is 10.0. The smallest absolute Gasteiger partial charge is 0.259 e. The molecule has 0 fully saturated rings. The zero-order valence-electron chi connectivity index (χ0n) is 16.1. The molecule has 29 heavy (non-hydrogen) atoms. The van der Waals surface area contributed by atoms with E-state index in [-0.39, 0.29) is 11.8 Å². The lowest BCUT2D eigenvalue weighted by Gasteiger charge is -2.13. The molecule has 0 atom stereocenters. The summed E-state index contributed by atoms with van der Waals surface area (Å²) in [6, 6.07) is 15.0. The van der Waals surface area contributed by atoms with E-state index in [1.54, 1.807) is 23.3 Å². The first-order valence-corrected chi connectivity index (χ1v) is 9.66. The van der Waals surface area contributed by atoms with Gasteiger partial charge in [-0.15, -0.1) is 0 Å². The van der Waals surface area contributed by atoms with E-state index < -0.39 is 0 Å². The number of rotatable bonds is 5. The number of carbonyl (C=O) groups excluding carboxylic acids is 1. The molecule has 7 heteroatoms. The summed E-state index contributed by atoms with van der Waals surface area (Å²) in [5, 5.41) is 8.04. The third-order valence-corrected chi connectivity index (χ3v) is 4.78. The van der Waals surface area contributed by atoms with Crippen LogP contribution in [-0.4, -0.2) is 25.7 Å². The van der Waals surface area contributed by atoms with Crippen LogP contribution in [0.5, 0.6) is 0 Å². The highest BCUT2D eigenvalue weighted by atomic mass is 35.5. The van der Waals surface area contributed by atoms with Crippen LogP contribution >= 0.6 is 11.6 Å². The first-order chi connectivity index (χ1) is 14.0. The van der Waals surface area contributed by atoms with Crippen molar-refractivity contribution in [2.24, 2.45) is 0 Å². The number of nitrogens with one attached hydrogen (secondary N) is 2. The van der Waals surface area contributed by atoms with Crippen LogP contribution < -0.4 is 5.32 Å². The van der Waals surface area contributed by atoms with E-state index in [4.69, 9.17) is 11.6 Å². The molecule has 146 valence electrons. The third kappa shape index (κ3) is 3.93. The van der Waals surface area contributed by atoms with Crippen LogP contribution in [0.2, 0.25) is 5.02 Å². The molecule has 2 aromatic heterocycles. The molecule has 0 aliphatic rings. The number of hydrogen-bond donors (Lipinski definition) is 2. The van der Waals surface area contributed by atoms with Crippen molar-refractivity contribution in [1.82, 2.24) is 19.7 Å². The van der Waals surface area contributed by atoms with E-state index >= 15 is 0 Å². The van der Waals surface area contributed by atoms with E-state index in [1.165, 1.54) is 0 Å². The van der Waals surface area contributed by atoms with E-state index in [0.29, 0.717) is 16.3 Å². The fourth-order valence-corrected chi connectivity index (χ4v) is 3.45. The van der Waals surface area contributed by atoms with Gasteiger partial charge < -0.3 is 10.3 Å². The monoisotopic (exact) mass is 405 g/mol. The van der Waals surface area contributed by atoms with Crippen molar-refractivity contribution in [1.29, 1.82) is 0 Å². The van der Waals surface area contributed by atoms with Gasteiger partial charge in [-0.3, -0.25) is 4.79 Å². The Labute approximate surface area is 173 Å². The summed E-state index contributed by atoms with van der Waals surface area (Å²) in [6.45, 7) is 4.07. The lowest BCUT2D eigenvalue weighted by molar-refractivity contribution is 0.102. The van der Waals surface area contributed by atoms with Crippen molar-refractivity contribution in [3.05, 3.63) is 83.4 Å². The quantitative estimate of drug-likeness (QED) is 0.473. The van der Waals surface area contributed by atoms with Crippen molar-refractivity contribution in [3.63, 3.8) is 0 Å². The minimum absolute atomic E-state index is 0.0895. The van der Waals surface area contributed by atoms with Crippen LogP contribution in [0, 0.1) is 0 Å². The van der Waals surface area contributed by atoms with E-state index in [0.717, 1.165) is 22.8 Å². The minimum atomic E-state index is -0.210. The minimum Gasteiger partial charge on any atom is -0.345 e. The predicted molar refractivity (Wildman–Crippen MR) is 115 cm³/mol. The molecule has 2 aromatic carbocycles. The van der Waals surface area contributed by atoms with Crippen molar-refractivity contribution in [2.75, 3.05) is 5.32 Å². The topological polar surface area (TPSA) is 75.6 Å². The maximum atomic E-state index is 13.0. The van der Waals surface area contributed by atoms with Crippen LogP contribution in [0.15, 0.2) is 67.1 Å². The van der Waals surface area contributed by atoms with Gasteiger partial charge in [-0.1, -0.05) is 43.6 Å². The second-order valence-electron chi connectivity index (χ2n) is 6.96. The Morgan fingerprint density at radius 1 is 1.17 bits per heavy atom. The van der Waals surface area contributed by atoms with Crippen LogP contribution in [-0.2, 0) is 0 Å². The van der Waals surface area contributed by atoms with Gasteiger partial charge in [0.25, 0.3) is 5.91 Å². The Kier molecular flexibility index (Phi) is 5.18. The zero-order valence-corrected chi connectivity index (χ0v) is 16.8. The number of aromatic amines is 1. The van der Waals surface area contributed by atoms with Gasteiger partial charge in [-0.25, -0.2) is 9.67 Å². The summed E-state index contributed by atoms with van der Waals surface area (Å²) >= 11 is 6.13. The number of hydrogen-bond acceptors (Lipinski definition) is 3. The number of aromatic nitrogens is 4. The molecule has 6 nitrogen and oxygen atoms in total. The standard InChI is InChI=1S/C22H20ClN5O/c1-14(2)20-19(13-26-28(20)18-8-4-6-16(23)12-18)22(29)27-17-7-3-5-15(11-17)21-24-9-10-25-21/h3-14H,1-2H3,(H,24,25)(H,27,29). The maximum Gasteiger partial charge on any atom is 0.259 e. The average molecular weight is 406 g/mol. The molecule has 0 saturated carbocycles. The molecule has 0 spiro atoms. The fraction of sp³-hybridized carbons (Fsp3) is 0.136. The summed E-state index contributed by atoms with van der Waals surface area (Å²) in [5.74, 6) is 0.628. The molecule has 4 rings (SSSR count). The number of halogens is 1. The zero-order chi connectivity index (χ0) is 20.4. The number of nitrogens with zero attached hydrogens (tertiary/aromatic N) is 3. The van der Waals surface area contributed by atoms with Crippen LogP contribution in [0.4, 0.5) is 5.69 Å². The Morgan fingerprint density at radius 2 is 2.00 bits per heavy atom. The number of benzene rings is 2. The average Bonchev–Trinajstić information content (AvgIpc) is 3.38. The molecule has 0 bridgehead atoms. The first kappa shape index (κ1) is 19.0.